The highest BCUT2D eigenvalue weighted by atomic mass is 16.6. The first kappa shape index (κ1) is 10.8. The summed E-state index contributed by atoms with van der Waals surface area (Å²) >= 11 is 0. The Hall–Kier alpha value is -1.31. The normalized spacial score (nSPS) is 30.1. The summed E-state index contributed by atoms with van der Waals surface area (Å²) in [7, 11) is 0. The Balaban J connectivity index is 2.76. The molecule has 2 heteroatoms. The molecule has 1 rings (SSSR count). The van der Waals surface area contributed by atoms with E-state index in [1.165, 1.54) is 0 Å². The number of carbonyl (C=O) groups excluding carboxylic acids is 1. The number of ether oxygens (including phenoxy) is 1. The summed E-state index contributed by atoms with van der Waals surface area (Å²) in [6, 6.07) is 0. The van der Waals surface area contributed by atoms with E-state index in [0.717, 1.165) is 0 Å². The van der Waals surface area contributed by atoms with Crippen molar-refractivity contribution in [3.8, 4) is 0 Å². The van der Waals surface area contributed by atoms with Crippen molar-refractivity contribution >= 4 is 5.97 Å². The van der Waals surface area contributed by atoms with Gasteiger partial charge in [0, 0.05) is 11.5 Å². The van der Waals surface area contributed by atoms with Gasteiger partial charge in [0.25, 0.3) is 0 Å². The quantitative estimate of drug-likeness (QED) is 0.496. The Morgan fingerprint density at radius 1 is 1.50 bits per heavy atom. The first-order chi connectivity index (χ1) is 6.46. The number of allylic oxidation sites excluding steroid dienone is 2. The van der Waals surface area contributed by atoms with Gasteiger partial charge >= 0.3 is 5.97 Å². The van der Waals surface area contributed by atoms with Crippen molar-refractivity contribution in [2.75, 3.05) is 0 Å². The van der Waals surface area contributed by atoms with Crippen LogP contribution in [-0.4, -0.2) is 11.6 Å². The molecule has 0 bridgehead atoms. The lowest BCUT2D eigenvalue weighted by molar-refractivity contribution is -0.151. The van der Waals surface area contributed by atoms with Gasteiger partial charge in [-0.05, 0) is 19.9 Å². The van der Waals surface area contributed by atoms with Crippen molar-refractivity contribution in [3.05, 3.63) is 36.5 Å². The highest BCUT2D eigenvalue weighted by Crippen LogP contribution is 2.28. The van der Waals surface area contributed by atoms with Gasteiger partial charge in [0.1, 0.15) is 5.60 Å². The molecular weight excluding hydrogens is 176 g/mol. The van der Waals surface area contributed by atoms with Crippen LogP contribution in [0.5, 0.6) is 0 Å². The molecule has 0 saturated carbocycles. The summed E-state index contributed by atoms with van der Waals surface area (Å²) in [5, 5.41) is 0. The zero-order valence-corrected chi connectivity index (χ0v) is 8.91. The van der Waals surface area contributed by atoms with E-state index in [2.05, 4.69) is 6.58 Å². The molecule has 0 saturated heterocycles. The third-order valence-electron chi connectivity index (χ3n) is 2.50. The third kappa shape index (κ3) is 2.13. The minimum atomic E-state index is -0.537. The molecule has 1 aliphatic carbocycles. The number of hydrogen-bond acceptors (Lipinski definition) is 2. The Bertz CT molecular complexity index is 312. The smallest absolute Gasteiger partial charge is 0.333 e. The summed E-state index contributed by atoms with van der Waals surface area (Å²) in [4.78, 5) is 11.4. The van der Waals surface area contributed by atoms with E-state index >= 15 is 0 Å². The first-order valence-corrected chi connectivity index (χ1v) is 4.70. The molecule has 0 amide bonds. The predicted molar refractivity (Wildman–Crippen MR) is 56.8 cm³/mol. The van der Waals surface area contributed by atoms with Gasteiger partial charge in [-0.3, -0.25) is 0 Å². The second-order valence-corrected chi connectivity index (χ2v) is 3.89. The fourth-order valence-corrected chi connectivity index (χ4v) is 1.23. The van der Waals surface area contributed by atoms with Crippen molar-refractivity contribution in [3.63, 3.8) is 0 Å². The summed E-state index contributed by atoms with van der Waals surface area (Å²) < 4.78 is 5.38. The standard InChI is InChI=1S/C12H16O2/c1-9(2)11(13)14-12(4)8-6-5-7-10(12)3/h5-8,10H,1H2,2-4H3. The maximum absolute atomic E-state index is 11.4. The lowest BCUT2D eigenvalue weighted by Crippen LogP contribution is -2.36. The third-order valence-corrected chi connectivity index (χ3v) is 2.50. The molecule has 0 aromatic heterocycles. The van der Waals surface area contributed by atoms with Gasteiger partial charge in [-0.15, -0.1) is 0 Å². The number of esters is 1. The second-order valence-electron chi connectivity index (χ2n) is 3.89. The summed E-state index contributed by atoms with van der Waals surface area (Å²) in [5.41, 5.74) is -0.105. The molecule has 0 aromatic rings. The van der Waals surface area contributed by atoms with Crippen LogP contribution in [-0.2, 0) is 9.53 Å². The highest BCUT2D eigenvalue weighted by Gasteiger charge is 2.32. The lowest BCUT2D eigenvalue weighted by Gasteiger charge is -2.32. The monoisotopic (exact) mass is 192 g/mol. The SMILES string of the molecule is C=C(C)C(=O)OC1(C)C=CC=CC1C. The largest absolute Gasteiger partial charge is 0.451 e. The van der Waals surface area contributed by atoms with Gasteiger partial charge < -0.3 is 4.74 Å². The van der Waals surface area contributed by atoms with Crippen LogP contribution in [0.2, 0.25) is 0 Å². The molecule has 0 aliphatic heterocycles. The molecule has 1 aliphatic rings. The van der Waals surface area contributed by atoms with Crippen molar-refractivity contribution in [2.24, 2.45) is 5.92 Å². The van der Waals surface area contributed by atoms with Crippen molar-refractivity contribution < 1.29 is 9.53 Å². The lowest BCUT2D eigenvalue weighted by atomic mass is 9.87. The predicted octanol–water partition coefficient (Wildman–Crippen LogP) is 2.63. The molecule has 2 atom stereocenters. The van der Waals surface area contributed by atoms with Crippen LogP contribution in [0.1, 0.15) is 20.8 Å². The van der Waals surface area contributed by atoms with Crippen LogP contribution in [0.25, 0.3) is 0 Å². The fourth-order valence-electron chi connectivity index (χ4n) is 1.23. The van der Waals surface area contributed by atoms with Crippen LogP contribution < -0.4 is 0 Å². The zero-order chi connectivity index (χ0) is 10.8. The first-order valence-electron chi connectivity index (χ1n) is 4.70. The van der Waals surface area contributed by atoms with E-state index in [1.54, 1.807) is 6.92 Å². The molecule has 0 heterocycles. The number of hydrogen-bond donors (Lipinski definition) is 0. The fraction of sp³-hybridized carbons (Fsp3) is 0.417. The second kappa shape index (κ2) is 3.82. The molecule has 0 spiro atoms. The minimum Gasteiger partial charge on any atom is -0.451 e. The molecule has 0 N–H and O–H groups in total. The van der Waals surface area contributed by atoms with Crippen LogP contribution in [0.3, 0.4) is 0 Å². The van der Waals surface area contributed by atoms with Gasteiger partial charge in [0.2, 0.25) is 0 Å². The molecule has 2 nitrogen and oxygen atoms in total. The molecule has 76 valence electrons. The molecule has 0 fully saturated rings. The van der Waals surface area contributed by atoms with Gasteiger partial charge in [-0.1, -0.05) is 31.7 Å². The molecule has 14 heavy (non-hydrogen) atoms. The summed E-state index contributed by atoms with van der Waals surface area (Å²) in [6.45, 7) is 9.13. The maximum Gasteiger partial charge on any atom is 0.333 e. The average Bonchev–Trinajstić information content (AvgIpc) is 2.10. The van der Waals surface area contributed by atoms with Crippen LogP contribution in [0.15, 0.2) is 36.5 Å². The molecule has 0 radical (unpaired) electrons. The molecule has 0 aromatic carbocycles. The average molecular weight is 192 g/mol. The Morgan fingerprint density at radius 3 is 2.64 bits per heavy atom. The van der Waals surface area contributed by atoms with E-state index in [4.69, 9.17) is 4.74 Å². The number of carbonyl (C=O) groups is 1. The van der Waals surface area contributed by atoms with Crippen molar-refractivity contribution in [1.82, 2.24) is 0 Å². The van der Waals surface area contributed by atoms with Crippen LogP contribution >= 0.6 is 0 Å². The van der Waals surface area contributed by atoms with Gasteiger partial charge in [0.15, 0.2) is 0 Å². The van der Waals surface area contributed by atoms with E-state index in [0.29, 0.717) is 5.57 Å². The minimum absolute atomic E-state index is 0.191. The van der Waals surface area contributed by atoms with Crippen molar-refractivity contribution in [2.45, 2.75) is 26.4 Å². The summed E-state index contributed by atoms with van der Waals surface area (Å²) in [6.07, 6.45) is 7.77. The topological polar surface area (TPSA) is 26.3 Å². The Labute approximate surface area is 85.0 Å². The van der Waals surface area contributed by atoms with E-state index < -0.39 is 5.60 Å². The van der Waals surface area contributed by atoms with Gasteiger partial charge in [-0.25, -0.2) is 4.79 Å². The van der Waals surface area contributed by atoms with Crippen LogP contribution in [0, 0.1) is 5.92 Å². The Morgan fingerprint density at radius 2 is 2.14 bits per heavy atom. The maximum atomic E-state index is 11.4. The molecular formula is C12H16O2. The van der Waals surface area contributed by atoms with E-state index in [1.807, 2.05) is 38.2 Å². The zero-order valence-electron chi connectivity index (χ0n) is 8.91. The van der Waals surface area contributed by atoms with E-state index in [9.17, 15) is 4.79 Å². The summed E-state index contributed by atoms with van der Waals surface area (Å²) in [5.74, 6) is -0.143. The van der Waals surface area contributed by atoms with E-state index in [-0.39, 0.29) is 11.9 Å². The van der Waals surface area contributed by atoms with Crippen LogP contribution in [0.4, 0.5) is 0 Å². The van der Waals surface area contributed by atoms with Gasteiger partial charge in [-0.2, -0.15) is 0 Å². The van der Waals surface area contributed by atoms with Crippen molar-refractivity contribution in [1.29, 1.82) is 0 Å². The molecule has 2 unspecified atom stereocenters. The Kier molecular flexibility index (Phi) is 2.94. The highest BCUT2D eigenvalue weighted by molar-refractivity contribution is 5.87. The van der Waals surface area contributed by atoms with Gasteiger partial charge in [0.05, 0.1) is 0 Å². The number of rotatable bonds is 2.